The van der Waals surface area contributed by atoms with Crippen LogP contribution in [-0.4, -0.2) is 22.9 Å². The van der Waals surface area contributed by atoms with Crippen LogP contribution < -0.4 is 0 Å². The monoisotopic (exact) mass is 221 g/mol. The van der Waals surface area contributed by atoms with E-state index >= 15 is 0 Å². The number of nitrogens with zero attached hydrogens (tertiary/aromatic N) is 1. The molecule has 0 saturated carbocycles. The smallest absolute Gasteiger partial charge is 0.0620 e. The Hall–Kier alpha value is -0.470. The molecular formula is C13H19NS. The third-order valence-corrected chi connectivity index (χ3v) is 5.23. The second-order valence-corrected chi connectivity index (χ2v) is 6.49. The van der Waals surface area contributed by atoms with E-state index in [9.17, 15) is 0 Å². The molecule has 1 aromatic rings. The van der Waals surface area contributed by atoms with Gasteiger partial charge in [0.15, 0.2) is 0 Å². The molecule has 1 heterocycles. The van der Waals surface area contributed by atoms with E-state index in [0.717, 1.165) is 0 Å². The van der Waals surface area contributed by atoms with Crippen LogP contribution in [0.5, 0.6) is 0 Å². The Morgan fingerprint density at radius 2 is 1.80 bits per heavy atom. The first kappa shape index (κ1) is 11.0. The minimum Gasteiger partial charge on any atom is -0.288 e. The SMILES string of the molecule is C[C@@H]1[C@H](c2ccccc2)SC(C)(C)N1C. The van der Waals surface area contributed by atoms with Crippen molar-refractivity contribution in [3.63, 3.8) is 0 Å². The normalized spacial score (nSPS) is 30.7. The molecule has 2 heteroatoms. The average Bonchev–Trinajstić information content (AvgIpc) is 2.44. The fourth-order valence-electron chi connectivity index (χ4n) is 2.18. The van der Waals surface area contributed by atoms with Crippen molar-refractivity contribution in [3.8, 4) is 0 Å². The minimum absolute atomic E-state index is 0.250. The molecule has 1 fully saturated rings. The Balaban J connectivity index is 2.27. The summed E-state index contributed by atoms with van der Waals surface area (Å²) in [7, 11) is 2.22. The number of likely N-dealkylation sites (N-methyl/N-ethyl adjacent to an activating group) is 1. The predicted molar refractivity (Wildman–Crippen MR) is 68.1 cm³/mol. The van der Waals surface area contributed by atoms with Crippen molar-refractivity contribution in [2.24, 2.45) is 0 Å². The first-order chi connectivity index (χ1) is 7.02. The third-order valence-electron chi connectivity index (χ3n) is 3.44. The van der Waals surface area contributed by atoms with Crippen LogP contribution in [0, 0.1) is 0 Å². The molecule has 1 saturated heterocycles. The maximum atomic E-state index is 2.47. The van der Waals surface area contributed by atoms with Gasteiger partial charge in [-0.3, -0.25) is 4.90 Å². The Labute approximate surface area is 96.9 Å². The largest absolute Gasteiger partial charge is 0.288 e. The number of rotatable bonds is 1. The molecule has 1 aliphatic heterocycles. The van der Waals surface area contributed by atoms with E-state index in [-0.39, 0.29) is 4.87 Å². The quantitative estimate of drug-likeness (QED) is 0.713. The summed E-state index contributed by atoms with van der Waals surface area (Å²) in [4.78, 5) is 2.72. The van der Waals surface area contributed by atoms with Gasteiger partial charge in [-0.2, -0.15) is 0 Å². The highest BCUT2D eigenvalue weighted by Crippen LogP contribution is 2.50. The molecule has 2 rings (SSSR count). The topological polar surface area (TPSA) is 3.24 Å². The van der Waals surface area contributed by atoms with Gasteiger partial charge < -0.3 is 0 Å². The highest BCUT2D eigenvalue weighted by molar-refractivity contribution is 8.01. The van der Waals surface area contributed by atoms with Gasteiger partial charge in [-0.25, -0.2) is 0 Å². The lowest BCUT2D eigenvalue weighted by Crippen LogP contribution is -2.37. The summed E-state index contributed by atoms with van der Waals surface area (Å²) in [6, 6.07) is 11.4. The van der Waals surface area contributed by atoms with E-state index in [0.29, 0.717) is 11.3 Å². The molecule has 0 spiro atoms. The zero-order valence-electron chi connectivity index (χ0n) is 9.90. The van der Waals surface area contributed by atoms with Crippen LogP contribution in [0.4, 0.5) is 0 Å². The summed E-state index contributed by atoms with van der Waals surface area (Å²) in [5.41, 5.74) is 1.45. The van der Waals surface area contributed by atoms with Gasteiger partial charge in [-0.1, -0.05) is 30.3 Å². The van der Waals surface area contributed by atoms with Gasteiger partial charge in [0, 0.05) is 11.3 Å². The first-order valence-electron chi connectivity index (χ1n) is 5.48. The van der Waals surface area contributed by atoms with Gasteiger partial charge in [0.25, 0.3) is 0 Å². The van der Waals surface area contributed by atoms with Crippen LogP contribution in [0.25, 0.3) is 0 Å². The molecule has 0 bridgehead atoms. The summed E-state index contributed by atoms with van der Waals surface area (Å²) >= 11 is 2.06. The molecule has 0 amide bonds. The van der Waals surface area contributed by atoms with Crippen molar-refractivity contribution >= 4 is 11.8 Å². The molecule has 0 N–H and O–H groups in total. The lowest BCUT2D eigenvalue weighted by molar-refractivity contribution is 0.205. The average molecular weight is 221 g/mol. The van der Waals surface area contributed by atoms with Gasteiger partial charge >= 0.3 is 0 Å². The predicted octanol–water partition coefficient (Wildman–Crippen LogP) is 3.53. The zero-order valence-corrected chi connectivity index (χ0v) is 10.7. The summed E-state index contributed by atoms with van der Waals surface area (Å²) < 4.78 is 0. The van der Waals surface area contributed by atoms with Crippen LogP contribution in [0.15, 0.2) is 30.3 Å². The number of thioether (sulfide) groups is 1. The molecule has 0 radical (unpaired) electrons. The Bertz CT molecular complexity index is 334. The van der Waals surface area contributed by atoms with E-state index in [1.54, 1.807) is 0 Å². The van der Waals surface area contributed by atoms with Gasteiger partial charge in [0.05, 0.1) is 4.87 Å². The highest BCUT2D eigenvalue weighted by Gasteiger charge is 2.42. The van der Waals surface area contributed by atoms with Crippen LogP contribution >= 0.6 is 11.8 Å². The fourth-order valence-corrected chi connectivity index (χ4v) is 3.80. The van der Waals surface area contributed by atoms with Gasteiger partial charge in [-0.15, -0.1) is 11.8 Å². The molecule has 1 nitrogen and oxygen atoms in total. The van der Waals surface area contributed by atoms with Crippen LogP contribution in [0.2, 0.25) is 0 Å². The second kappa shape index (κ2) is 3.84. The first-order valence-corrected chi connectivity index (χ1v) is 6.36. The maximum absolute atomic E-state index is 2.47. The van der Waals surface area contributed by atoms with Gasteiger partial charge in [0.1, 0.15) is 0 Å². The minimum atomic E-state index is 0.250. The van der Waals surface area contributed by atoms with E-state index in [4.69, 9.17) is 0 Å². The van der Waals surface area contributed by atoms with Crippen molar-refractivity contribution in [2.75, 3.05) is 7.05 Å². The Morgan fingerprint density at radius 1 is 1.20 bits per heavy atom. The molecule has 82 valence electrons. The molecular weight excluding hydrogens is 202 g/mol. The lowest BCUT2D eigenvalue weighted by atomic mass is 10.1. The van der Waals surface area contributed by atoms with Crippen LogP contribution in [0.3, 0.4) is 0 Å². The van der Waals surface area contributed by atoms with Crippen molar-refractivity contribution < 1.29 is 0 Å². The maximum Gasteiger partial charge on any atom is 0.0620 e. The molecule has 0 aliphatic carbocycles. The van der Waals surface area contributed by atoms with E-state index in [2.05, 4.69) is 74.8 Å². The van der Waals surface area contributed by atoms with E-state index < -0.39 is 0 Å². The fraction of sp³-hybridized carbons (Fsp3) is 0.538. The molecule has 1 aromatic carbocycles. The van der Waals surface area contributed by atoms with Crippen molar-refractivity contribution in [3.05, 3.63) is 35.9 Å². The Morgan fingerprint density at radius 3 is 2.27 bits per heavy atom. The highest BCUT2D eigenvalue weighted by atomic mass is 32.2. The summed E-state index contributed by atoms with van der Waals surface area (Å²) in [6.45, 7) is 6.92. The number of benzene rings is 1. The third kappa shape index (κ3) is 1.93. The van der Waals surface area contributed by atoms with Crippen molar-refractivity contribution in [1.82, 2.24) is 4.90 Å². The number of hydrogen-bond acceptors (Lipinski definition) is 2. The standard InChI is InChI=1S/C13H19NS/c1-10-12(11-8-6-5-7-9-11)15-13(2,3)14(10)4/h5-10,12H,1-4H3/t10-,12-/m1/s1. The summed E-state index contributed by atoms with van der Waals surface area (Å²) in [6.07, 6.45) is 0. The second-order valence-electron chi connectivity index (χ2n) is 4.75. The molecule has 1 aliphatic rings. The van der Waals surface area contributed by atoms with Crippen LogP contribution in [0.1, 0.15) is 31.6 Å². The zero-order chi connectivity index (χ0) is 11.1. The molecule has 0 aromatic heterocycles. The molecule has 0 unspecified atom stereocenters. The van der Waals surface area contributed by atoms with Gasteiger partial charge in [-0.05, 0) is 33.4 Å². The summed E-state index contributed by atoms with van der Waals surface area (Å²) in [5, 5.41) is 0.603. The van der Waals surface area contributed by atoms with E-state index in [1.807, 2.05) is 0 Å². The summed E-state index contributed by atoms with van der Waals surface area (Å²) in [5.74, 6) is 0. The van der Waals surface area contributed by atoms with Crippen LogP contribution in [-0.2, 0) is 0 Å². The molecule has 15 heavy (non-hydrogen) atoms. The molecule has 2 atom stereocenters. The number of hydrogen-bond donors (Lipinski definition) is 0. The van der Waals surface area contributed by atoms with E-state index in [1.165, 1.54) is 5.56 Å². The Kier molecular flexibility index (Phi) is 2.82. The lowest BCUT2D eigenvalue weighted by Gasteiger charge is -2.28. The van der Waals surface area contributed by atoms with Crippen molar-refractivity contribution in [1.29, 1.82) is 0 Å². The van der Waals surface area contributed by atoms with Crippen molar-refractivity contribution in [2.45, 2.75) is 36.9 Å². The van der Waals surface area contributed by atoms with Gasteiger partial charge in [0.2, 0.25) is 0 Å².